The number of carbonyl (C=O) groups excluding carboxylic acids is 2. The van der Waals surface area contributed by atoms with Gasteiger partial charge in [0.1, 0.15) is 13.2 Å². The van der Waals surface area contributed by atoms with Gasteiger partial charge < -0.3 is 14.8 Å². The summed E-state index contributed by atoms with van der Waals surface area (Å²) in [5, 5.41) is 3.61. The van der Waals surface area contributed by atoms with Gasteiger partial charge >= 0.3 is 0 Å². The molecule has 0 spiro atoms. The fourth-order valence-electron chi connectivity index (χ4n) is 3.00. The molecule has 1 N–H and O–H groups in total. The van der Waals surface area contributed by atoms with Crippen molar-refractivity contribution in [2.45, 2.75) is 32.2 Å². The fraction of sp³-hybridized carbons (Fsp3) is 0.333. The van der Waals surface area contributed by atoms with Crippen molar-refractivity contribution in [1.82, 2.24) is 5.32 Å². The predicted octanol–water partition coefficient (Wildman–Crippen LogP) is 4.34. The number of rotatable bonds is 7. The van der Waals surface area contributed by atoms with Gasteiger partial charge in [-0.15, -0.1) is 0 Å². The summed E-state index contributed by atoms with van der Waals surface area (Å²) in [6.45, 7) is 2.97. The number of ether oxygens (including phenoxy) is 2. The summed E-state index contributed by atoms with van der Waals surface area (Å²) in [6.07, 6.45) is 1.00. The molecule has 0 fully saturated rings. The van der Waals surface area contributed by atoms with Crippen molar-refractivity contribution >= 4 is 23.3 Å². The van der Waals surface area contributed by atoms with Crippen molar-refractivity contribution in [3.8, 4) is 11.5 Å². The largest absolute Gasteiger partial charge is 0.486 e. The van der Waals surface area contributed by atoms with Gasteiger partial charge in [0.25, 0.3) is 0 Å². The quantitative estimate of drug-likeness (QED) is 0.717. The highest BCUT2D eigenvalue weighted by atomic mass is 35.5. The third-order valence-corrected chi connectivity index (χ3v) is 4.67. The lowest BCUT2D eigenvalue weighted by Crippen LogP contribution is -2.28. The maximum Gasteiger partial charge on any atom is 0.220 e. The standard InChI is InChI=1S/C21H22ClNO4/c1-2-17(14-4-3-5-16(22)12-14)23-21(25)9-7-18(24)15-6-8-19-20(13-15)27-11-10-26-19/h3-6,8,12-13,17H,2,7,9-11H2,1H3,(H,23,25). The van der Waals surface area contributed by atoms with E-state index >= 15 is 0 Å². The highest BCUT2D eigenvalue weighted by molar-refractivity contribution is 6.30. The molecule has 142 valence electrons. The van der Waals surface area contributed by atoms with Crippen LogP contribution in [0.1, 0.15) is 48.1 Å². The lowest BCUT2D eigenvalue weighted by Gasteiger charge is -2.19. The predicted molar refractivity (Wildman–Crippen MR) is 104 cm³/mol. The van der Waals surface area contributed by atoms with Gasteiger partial charge in [0.05, 0.1) is 6.04 Å². The molecule has 0 saturated carbocycles. The minimum atomic E-state index is -0.160. The SMILES string of the molecule is CCC(NC(=O)CCC(=O)c1ccc2c(c1)OCCO2)c1cccc(Cl)c1. The van der Waals surface area contributed by atoms with E-state index in [0.29, 0.717) is 35.3 Å². The molecule has 3 rings (SSSR count). The summed E-state index contributed by atoms with van der Waals surface area (Å²) in [7, 11) is 0. The summed E-state index contributed by atoms with van der Waals surface area (Å²) in [4.78, 5) is 24.7. The smallest absolute Gasteiger partial charge is 0.220 e. The second-order valence-corrected chi connectivity index (χ2v) is 6.80. The van der Waals surface area contributed by atoms with Crippen LogP contribution in [0.15, 0.2) is 42.5 Å². The van der Waals surface area contributed by atoms with Gasteiger partial charge in [-0.25, -0.2) is 0 Å². The van der Waals surface area contributed by atoms with Crippen LogP contribution in [0.5, 0.6) is 11.5 Å². The van der Waals surface area contributed by atoms with Gasteiger partial charge in [0, 0.05) is 23.4 Å². The molecule has 1 unspecified atom stereocenters. The molecule has 0 bridgehead atoms. The lowest BCUT2D eigenvalue weighted by atomic mass is 10.0. The number of fused-ring (bicyclic) bond motifs is 1. The molecule has 0 saturated heterocycles. The molecule has 1 atom stereocenters. The third-order valence-electron chi connectivity index (χ3n) is 4.44. The highest BCUT2D eigenvalue weighted by Crippen LogP contribution is 2.31. The monoisotopic (exact) mass is 387 g/mol. The summed E-state index contributed by atoms with van der Waals surface area (Å²) in [5.74, 6) is 0.956. The number of hydrogen-bond donors (Lipinski definition) is 1. The van der Waals surface area contributed by atoms with E-state index in [0.717, 1.165) is 12.0 Å². The normalized spacial score (nSPS) is 13.7. The van der Waals surface area contributed by atoms with Gasteiger partial charge in [-0.3, -0.25) is 9.59 Å². The van der Waals surface area contributed by atoms with Crippen LogP contribution in [-0.4, -0.2) is 24.9 Å². The number of ketones is 1. The van der Waals surface area contributed by atoms with E-state index in [-0.39, 0.29) is 30.6 Å². The van der Waals surface area contributed by atoms with Crippen molar-refractivity contribution in [3.05, 3.63) is 58.6 Å². The Hall–Kier alpha value is -2.53. The topological polar surface area (TPSA) is 64.6 Å². The minimum Gasteiger partial charge on any atom is -0.486 e. The molecule has 0 radical (unpaired) electrons. The third kappa shape index (κ3) is 5.01. The second kappa shape index (κ2) is 8.91. The average Bonchev–Trinajstić information content (AvgIpc) is 2.69. The number of hydrogen-bond acceptors (Lipinski definition) is 4. The molecular weight excluding hydrogens is 366 g/mol. The van der Waals surface area contributed by atoms with Gasteiger partial charge in [0.2, 0.25) is 5.91 Å². The Morgan fingerprint density at radius 2 is 1.85 bits per heavy atom. The first-order valence-corrected chi connectivity index (χ1v) is 9.42. The van der Waals surface area contributed by atoms with Crippen molar-refractivity contribution in [1.29, 1.82) is 0 Å². The Labute approximate surface area is 163 Å². The lowest BCUT2D eigenvalue weighted by molar-refractivity contribution is -0.121. The molecule has 0 aliphatic carbocycles. The fourth-order valence-corrected chi connectivity index (χ4v) is 3.20. The molecule has 1 heterocycles. The molecule has 2 aromatic carbocycles. The number of carbonyl (C=O) groups is 2. The zero-order valence-electron chi connectivity index (χ0n) is 15.2. The summed E-state index contributed by atoms with van der Waals surface area (Å²) >= 11 is 6.03. The maximum absolute atomic E-state index is 12.4. The molecule has 6 heteroatoms. The van der Waals surface area contributed by atoms with Crippen LogP contribution >= 0.6 is 11.6 Å². The minimum absolute atomic E-state index is 0.0991. The highest BCUT2D eigenvalue weighted by Gasteiger charge is 2.17. The van der Waals surface area contributed by atoms with E-state index in [9.17, 15) is 9.59 Å². The van der Waals surface area contributed by atoms with E-state index < -0.39 is 0 Å². The Balaban J connectivity index is 1.56. The van der Waals surface area contributed by atoms with Crippen molar-refractivity contribution < 1.29 is 19.1 Å². The molecule has 1 aliphatic heterocycles. The summed E-state index contributed by atoms with van der Waals surface area (Å²) < 4.78 is 11.0. The van der Waals surface area contributed by atoms with E-state index in [1.54, 1.807) is 24.3 Å². The van der Waals surface area contributed by atoms with Crippen molar-refractivity contribution in [2.24, 2.45) is 0 Å². The number of halogens is 1. The molecule has 0 aromatic heterocycles. The van der Waals surface area contributed by atoms with Crippen LogP contribution in [-0.2, 0) is 4.79 Å². The molecule has 1 aliphatic rings. The average molecular weight is 388 g/mol. The number of nitrogens with one attached hydrogen (secondary N) is 1. The first kappa shape index (κ1) is 19.2. The Morgan fingerprint density at radius 1 is 1.07 bits per heavy atom. The molecule has 1 amide bonds. The number of amides is 1. The van der Waals surface area contributed by atoms with Crippen LogP contribution in [0.3, 0.4) is 0 Å². The van der Waals surface area contributed by atoms with Gasteiger partial charge in [-0.05, 0) is 42.3 Å². The van der Waals surface area contributed by atoms with Crippen LogP contribution in [0.4, 0.5) is 0 Å². The maximum atomic E-state index is 12.4. The molecule has 27 heavy (non-hydrogen) atoms. The molecule has 5 nitrogen and oxygen atoms in total. The molecular formula is C21H22ClNO4. The van der Waals surface area contributed by atoms with Crippen LogP contribution < -0.4 is 14.8 Å². The number of benzene rings is 2. The van der Waals surface area contributed by atoms with E-state index in [2.05, 4.69) is 5.32 Å². The van der Waals surface area contributed by atoms with E-state index in [4.69, 9.17) is 21.1 Å². The van der Waals surface area contributed by atoms with Crippen molar-refractivity contribution in [2.75, 3.05) is 13.2 Å². The van der Waals surface area contributed by atoms with E-state index in [1.165, 1.54) is 0 Å². The van der Waals surface area contributed by atoms with Gasteiger partial charge in [-0.1, -0.05) is 30.7 Å². The van der Waals surface area contributed by atoms with Crippen LogP contribution in [0.25, 0.3) is 0 Å². The Morgan fingerprint density at radius 3 is 2.59 bits per heavy atom. The van der Waals surface area contributed by atoms with Gasteiger partial charge in [0.15, 0.2) is 17.3 Å². The summed E-state index contributed by atoms with van der Waals surface area (Å²) in [5.41, 5.74) is 1.48. The van der Waals surface area contributed by atoms with E-state index in [1.807, 2.05) is 25.1 Å². The first-order valence-electron chi connectivity index (χ1n) is 9.04. The number of Topliss-reactive ketones (excluding diaryl/α,β-unsaturated/α-hetero) is 1. The zero-order chi connectivity index (χ0) is 19.2. The Bertz CT molecular complexity index is 837. The van der Waals surface area contributed by atoms with Crippen LogP contribution in [0, 0.1) is 0 Å². The van der Waals surface area contributed by atoms with Crippen LogP contribution in [0.2, 0.25) is 5.02 Å². The van der Waals surface area contributed by atoms with Crippen molar-refractivity contribution in [3.63, 3.8) is 0 Å². The van der Waals surface area contributed by atoms with Gasteiger partial charge in [-0.2, -0.15) is 0 Å². The summed E-state index contributed by atoms with van der Waals surface area (Å²) in [6, 6.07) is 12.4. The Kier molecular flexibility index (Phi) is 6.35. The molecule has 2 aromatic rings. The zero-order valence-corrected chi connectivity index (χ0v) is 15.9. The second-order valence-electron chi connectivity index (χ2n) is 6.36. The first-order chi connectivity index (χ1) is 13.1.